The maximum Gasteiger partial charge on any atom is 0.191 e. The zero-order valence-corrected chi connectivity index (χ0v) is 16.8. The lowest BCUT2D eigenvalue weighted by molar-refractivity contribution is 0.186. The molecule has 5 nitrogen and oxygen atoms in total. The topological polar surface area (TPSA) is 65.9 Å². The van der Waals surface area contributed by atoms with Crippen LogP contribution < -0.4 is 15.4 Å². The largest absolute Gasteiger partial charge is 0.491 e. The van der Waals surface area contributed by atoms with E-state index in [1.165, 1.54) is 12.1 Å². The molecule has 6 heteroatoms. The van der Waals surface area contributed by atoms with Crippen molar-refractivity contribution in [1.29, 1.82) is 0 Å². The van der Waals surface area contributed by atoms with Gasteiger partial charge in [-0.3, -0.25) is 4.99 Å². The molecule has 0 fully saturated rings. The lowest BCUT2D eigenvalue weighted by Gasteiger charge is -2.14. The van der Waals surface area contributed by atoms with Gasteiger partial charge in [0.05, 0.1) is 18.8 Å². The zero-order valence-electron chi connectivity index (χ0n) is 16.8. The summed E-state index contributed by atoms with van der Waals surface area (Å²) in [5.41, 5.74) is 1.71. The van der Waals surface area contributed by atoms with Gasteiger partial charge in [0.2, 0.25) is 0 Å². The molecule has 1 unspecified atom stereocenters. The number of nitrogens with one attached hydrogen (secondary N) is 2. The van der Waals surface area contributed by atoms with E-state index in [1.807, 2.05) is 51.1 Å². The van der Waals surface area contributed by atoms with Crippen LogP contribution in [0.2, 0.25) is 0 Å². The second-order valence-electron chi connectivity index (χ2n) is 6.78. The Bertz CT molecular complexity index is 748. The molecule has 3 N–H and O–H groups in total. The molecule has 0 spiro atoms. The van der Waals surface area contributed by atoms with Gasteiger partial charge in [-0.2, -0.15) is 0 Å². The molecule has 152 valence electrons. The molecule has 0 aliphatic carbocycles. The fraction of sp³-hybridized carbons (Fsp3) is 0.409. The van der Waals surface area contributed by atoms with E-state index in [4.69, 9.17) is 4.74 Å². The summed E-state index contributed by atoms with van der Waals surface area (Å²) < 4.78 is 18.9. The van der Waals surface area contributed by atoms with Gasteiger partial charge in [0, 0.05) is 13.1 Å². The average molecular weight is 387 g/mol. The third-order valence-corrected chi connectivity index (χ3v) is 4.00. The van der Waals surface area contributed by atoms with Crippen LogP contribution in [-0.4, -0.2) is 36.8 Å². The molecule has 0 aliphatic rings. The summed E-state index contributed by atoms with van der Waals surface area (Å²) in [4.78, 5) is 4.45. The average Bonchev–Trinajstić information content (AvgIpc) is 2.66. The van der Waals surface area contributed by atoms with Crippen LogP contribution in [0.3, 0.4) is 0 Å². The molecule has 0 bridgehead atoms. The molecule has 2 aromatic rings. The second kappa shape index (κ2) is 11.3. The number of hydrogen-bond acceptors (Lipinski definition) is 3. The lowest BCUT2D eigenvalue weighted by Crippen LogP contribution is -2.38. The number of aliphatic imine (C=N–C) groups is 1. The molecule has 0 aliphatic heterocycles. The van der Waals surface area contributed by atoms with Gasteiger partial charge >= 0.3 is 0 Å². The number of benzene rings is 2. The molecular formula is C22H30FN3O2. The van der Waals surface area contributed by atoms with Gasteiger partial charge in [0.1, 0.15) is 11.6 Å². The summed E-state index contributed by atoms with van der Waals surface area (Å²) in [7, 11) is 0. The standard InChI is InChI=1S/C22H30FN3O2/c1-4-24-22(25-13-12-17-6-5-7-19(23)14-17)26-15-21(27)18-8-10-20(11-9-18)28-16(2)3/h5-11,14,16,21,27H,4,12-13,15H2,1-3H3,(H2,24,25,26). The highest BCUT2D eigenvalue weighted by molar-refractivity contribution is 5.79. The van der Waals surface area contributed by atoms with Crippen LogP contribution >= 0.6 is 0 Å². The number of guanidine groups is 1. The van der Waals surface area contributed by atoms with Crippen LogP contribution in [0.1, 0.15) is 38.0 Å². The van der Waals surface area contributed by atoms with E-state index < -0.39 is 6.10 Å². The quantitative estimate of drug-likeness (QED) is 0.456. The number of nitrogens with zero attached hydrogens (tertiary/aromatic N) is 1. The van der Waals surface area contributed by atoms with Gasteiger partial charge < -0.3 is 20.5 Å². The maximum absolute atomic E-state index is 13.2. The fourth-order valence-corrected chi connectivity index (χ4v) is 2.68. The predicted octanol–water partition coefficient (Wildman–Crippen LogP) is 3.44. The van der Waals surface area contributed by atoms with Gasteiger partial charge in [-0.25, -0.2) is 4.39 Å². The number of halogens is 1. The minimum absolute atomic E-state index is 0.113. The van der Waals surface area contributed by atoms with Crippen LogP contribution in [0.15, 0.2) is 53.5 Å². The van der Waals surface area contributed by atoms with Crippen molar-refractivity contribution in [1.82, 2.24) is 10.6 Å². The Balaban J connectivity index is 1.88. The fourth-order valence-electron chi connectivity index (χ4n) is 2.68. The summed E-state index contributed by atoms with van der Waals surface area (Å²) in [5, 5.41) is 16.8. The van der Waals surface area contributed by atoms with Gasteiger partial charge in [-0.15, -0.1) is 0 Å². The van der Waals surface area contributed by atoms with Gasteiger partial charge in [0.15, 0.2) is 5.96 Å². The zero-order chi connectivity index (χ0) is 20.4. The Kier molecular flexibility index (Phi) is 8.75. The molecule has 2 aromatic carbocycles. The molecule has 0 saturated carbocycles. The van der Waals surface area contributed by atoms with Crippen LogP contribution in [0.25, 0.3) is 0 Å². The first-order valence-corrected chi connectivity index (χ1v) is 9.69. The van der Waals surface area contributed by atoms with Gasteiger partial charge in [-0.1, -0.05) is 24.3 Å². The van der Waals surface area contributed by atoms with Crippen molar-refractivity contribution >= 4 is 5.96 Å². The molecule has 2 rings (SSSR count). The summed E-state index contributed by atoms with van der Waals surface area (Å²) >= 11 is 0. The molecule has 0 heterocycles. The molecule has 0 aromatic heterocycles. The van der Waals surface area contributed by atoms with Crippen LogP contribution in [0.5, 0.6) is 5.75 Å². The van der Waals surface area contributed by atoms with E-state index in [0.29, 0.717) is 25.5 Å². The SMILES string of the molecule is CCNC(=NCC(O)c1ccc(OC(C)C)cc1)NCCc1cccc(F)c1. The third kappa shape index (κ3) is 7.56. The summed E-state index contributed by atoms with van der Waals surface area (Å²) in [5.74, 6) is 1.17. The Labute approximate surface area is 166 Å². The predicted molar refractivity (Wildman–Crippen MR) is 111 cm³/mol. The first-order chi connectivity index (χ1) is 13.5. The summed E-state index contributed by atoms with van der Waals surface area (Å²) in [6, 6.07) is 14.0. The van der Waals surface area contributed by atoms with E-state index in [1.54, 1.807) is 6.07 Å². The minimum Gasteiger partial charge on any atom is -0.491 e. The summed E-state index contributed by atoms with van der Waals surface area (Å²) in [6.45, 7) is 7.49. The van der Waals surface area contributed by atoms with Crippen molar-refractivity contribution < 1.29 is 14.2 Å². The first kappa shape index (κ1) is 21.7. The first-order valence-electron chi connectivity index (χ1n) is 9.69. The van der Waals surface area contributed by atoms with E-state index in [2.05, 4.69) is 15.6 Å². The highest BCUT2D eigenvalue weighted by atomic mass is 19.1. The van der Waals surface area contributed by atoms with Gasteiger partial charge in [-0.05, 0) is 62.6 Å². The third-order valence-electron chi connectivity index (χ3n) is 4.00. The molecular weight excluding hydrogens is 357 g/mol. The lowest BCUT2D eigenvalue weighted by atomic mass is 10.1. The molecule has 0 radical (unpaired) electrons. The highest BCUT2D eigenvalue weighted by Crippen LogP contribution is 2.19. The monoisotopic (exact) mass is 387 g/mol. The smallest absolute Gasteiger partial charge is 0.191 e. The van der Waals surface area contributed by atoms with Gasteiger partial charge in [0.25, 0.3) is 0 Å². The van der Waals surface area contributed by atoms with Crippen LogP contribution in [0.4, 0.5) is 4.39 Å². The van der Waals surface area contributed by atoms with Crippen molar-refractivity contribution in [3.63, 3.8) is 0 Å². The number of aliphatic hydroxyl groups excluding tert-OH is 1. The highest BCUT2D eigenvalue weighted by Gasteiger charge is 2.08. The normalized spacial score (nSPS) is 12.7. The number of ether oxygens (including phenoxy) is 1. The Hall–Kier alpha value is -2.60. The van der Waals surface area contributed by atoms with E-state index in [9.17, 15) is 9.50 Å². The summed E-state index contributed by atoms with van der Waals surface area (Å²) in [6.07, 6.45) is 0.0930. The van der Waals surface area contributed by atoms with E-state index in [0.717, 1.165) is 16.9 Å². The van der Waals surface area contributed by atoms with Crippen molar-refractivity contribution in [2.45, 2.75) is 39.4 Å². The van der Waals surface area contributed by atoms with Crippen LogP contribution in [0, 0.1) is 5.82 Å². The molecule has 1 atom stereocenters. The molecule has 0 amide bonds. The Morgan fingerprint density at radius 1 is 1.14 bits per heavy atom. The second-order valence-corrected chi connectivity index (χ2v) is 6.78. The Morgan fingerprint density at radius 3 is 2.54 bits per heavy atom. The maximum atomic E-state index is 13.2. The van der Waals surface area contributed by atoms with Crippen molar-refractivity contribution in [3.05, 3.63) is 65.5 Å². The van der Waals surface area contributed by atoms with Crippen molar-refractivity contribution in [2.24, 2.45) is 4.99 Å². The Morgan fingerprint density at radius 2 is 1.89 bits per heavy atom. The van der Waals surface area contributed by atoms with Crippen molar-refractivity contribution in [2.75, 3.05) is 19.6 Å². The number of hydrogen-bond donors (Lipinski definition) is 3. The van der Waals surface area contributed by atoms with E-state index in [-0.39, 0.29) is 18.5 Å². The molecule has 0 saturated heterocycles. The molecule has 28 heavy (non-hydrogen) atoms. The minimum atomic E-state index is -0.702. The van der Waals surface area contributed by atoms with E-state index >= 15 is 0 Å². The number of aliphatic hydroxyl groups is 1. The van der Waals surface area contributed by atoms with Crippen molar-refractivity contribution in [3.8, 4) is 5.75 Å². The van der Waals surface area contributed by atoms with Crippen LogP contribution in [-0.2, 0) is 6.42 Å². The number of rotatable bonds is 9.